The third kappa shape index (κ3) is 3.11. The molecule has 0 atom stereocenters. The van der Waals surface area contributed by atoms with Gasteiger partial charge in [-0.1, -0.05) is 16.6 Å². The monoisotopic (exact) mass is 263 g/mol. The Morgan fingerprint density at radius 2 is 2.00 bits per heavy atom. The van der Waals surface area contributed by atoms with Gasteiger partial charge in [0.1, 0.15) is 4.88 Å². The molecule has 0 aliphatic rings. The molecule has 2 aromatic rings. The van der Waals surface area contributed by atoms with Crippen LogP contribution in [0.1, 0.15) is 15.2 Å². The van der Waals surface area contributed by atoms with Crippen LogP contribution in [0.3, 0.4) is 0 Å². The molecule has 1 aromatic heterocycles. The number of hydrogen-bond donors (Lipinski definition) is 2. The zero-order valence-electron chi connectivity index (χ0n) is 9.16. The third-order valence-electron chi connectivity index (χ3n) is 2.15. The van der Waals surface area contributed by atoms with Gasteiger partial charge in [-0.05, 0) is 29.2 Å². The molecule has 0 radical (unpaired) electrons. The number of nitrogens with one attached hydrogen (secondary N) is 1. The van der Waals surface area contributed by atoms with Crippen LogP contribution in [0.4, 0.5) is 5.69 Å². The summed E-state index contributed by atoms with van der Waals surface area (Å²) in [6.07, 6.45) is 1.35. The highest BCUT2D eigenvalue weighted by Gasteiger charge is 2.08. The van der Waals surface area contributed by atoms with Gasteiger partial charge in [-0.25, -0.2) is 0 Å². The fraction of sp³-hybridized carbons (Fsp3) is 0.0909. The van der Waals surface area contributed by atoms with Crippen molar-refractivity contribution in [3.8, 4) is 0 Å². The van der Waals surface area contributed by atoms with Crippen LogP contribution in [-0.2, 0) is 11.2 Å². The Hall–Kier alpha value is -2.28. The van der Waals surface area contributed by atoms with Crippen molar-refractivity contribution >= 4 is 29.1 Å². The normalized spacial score (nSPS) is 10.0. The van der Waals surface area contributed by atoms with Crippen molar-refractivity contribution in [1.29, 1.82) is 0 Å². The average Bonchev–Trinajstić information content (AvgIpc) is 2.84. The summed E-state index contributed by atoms with van der Waals surface area (Å²) >= 11 is 1.01. The van der Waals surface area contributed by atoms with E-state index in [2.05, 4.69) is 14.9 Å². The molecule has 7 heteroatoms. The third-order valence-corrected chi connectivity index (χ3v) is 2.82. The van der Waals surface area contributed by atoms with Crippen molar-refractivity contribution in [2.75, 3.05) is 5.32 Å². The van der Waals surface area contributed by atoms with E-state index in [1.165, 1.54) is 6.20 Å². The summed E-state index contributed by atoms with van der Waals surface area (Å²) in [6, 6.07) is 6.64. The molecule has 0 aliphatic carbocycles. The first-order valence-corrected chi connectivity index (χ1v) is 5.82. The van der Waals surface area contributed by atoms with E-state index in [0.29, 0.717) is 16.1 Å². The minimum absolute atomic E-state index is 0.0347. The second kappa shape index (κ2) is 5.37. The minimum Gasteiger partial charge on any atom is -0.481 e. The van der Waals surface area contributed by atoms with E-state index in [9.17, 15) is 9.59 Å². The number of carboxylic acids is 1. The summed E-state index contributed by atoms with van der Waals surface area (Å²) in [5.41, 5.74) is 1.28. The molecule has 1 heterocycles. The summed E-state index contributed by atoms with van der Waals surface area (Å²) in [7, 11) is 0. The van der Waals surface area contributed by atoms with Crippen LogP contribution in [-0.4, -0.2) is 26.6 Å². The molecular weight excluding hydrogens is 254 g/mol. The Labute approximate surface area is 106 Å². The zero-order valence-corrected chi connectivity index (χ0v) is 9.98. The smallest absolute Gasteiger partial charge is 0.307 e. The van der Waals surface area contributed by atoms with Gasteiger partial charge in [0.25, 0.3) is 5.91 Å². The highest BCUT2D eigenvalue weighted by molar-refractivity contribution is 7.07. The molecule has 0 bridgehead atoms. The van der Waals surface area contributed by atoms with E-state index in [-0.39, 0.29) is 12.3 Å². The van der Waals surface area contributed by atoms with Crippen LogP contribution in [0.25, 0.3) is 0 Å². The minimum atomic E-state index is -0.887. The fourth-order valence-corrected chi connectivity index (χ4v) is 1.75. The number of hydrogen-bond acceptors (Lipinski definition) is 5. The molecule has 1 amide bonds. The first-order valence-electron chi connectivity index (χ1n) is 5.04. The first-order chi connectivity index (χ1) is 8.65. The van der Waals surface area contributed by atoms with E-state index in [4.69, 9.17) is 5.11 Å². The number of carboxylic acid groups (broad SMARTS) is 1. The van der Waals surface area contributed by atoms with Gasteiger partial charge < -0.3 is 10.4 Å². The van der Waals surface area contributed by atoms with Gasteiger partial charge in [0, 0.05) is 5.69 Å². The van der Waals surface area contributed by atoms with Crippen LogP contribution in [0.5, 0.6) is 0 Å². The van der Waals surface area contributed by atoms with Gasteiger partial charge in [-0.15, -0.1) is 5.10 Å². The quantitative estimate of drug-likeness (QED) is 0.870. The van der Waals surface area contributed by atoms with Gasteiger partial charge in [0.2, 0.25) is 0 Å². The predicted octanol–water partition coefficient (Wildman–Crippen LogP) is 1.42. The van der Waals surface area contributed by atoms with E-state index in [1.54, 1.807) is 24.3 Å². The molecule has 0 saturated carbocycles. The average molecular weight is 263 g/mol. The Morgan fingerprint density at radius 1 is 1.28 bits per heavy atom. The predicted molar refractivity (Wildman–Crippen MR) is 65.6 cm³/mol. The number of carbonyl (C=O) groups excluding carboxylic acids is 1. The van der Waals surface area contributed by atoms with Crippen molar-refractivity contribution in [3.05, 3.63) is 40.9 Å². The largest absolute Gasteiger partial charge is 0.481 e. The number of carbonyl (C=O) groups is 2. The fourth-order valence-electron chi connectivity index (χ4n) is 1.34. The molecule has 2 rings (SSSR count). The van der Waals surface area contributed by atoms with Crippen molar-refractivity contribution in [2.24, 2.45) is 0 Å². The summed E-state index contributed by atoms with van der Waals surface area (Å²) in [4.78, 5) is 22.6. The summed E-state index contributed by atoms with van der Waals surface area (Å²) in [6.45, 7) is 0. The molecule has 2 N–H and O–H groups in total. The van der Waals surface area contributed by atoms with E-state index >= 15 is 0 Å². The van der Waals surface area contributed by atoms with Gasteiger partial charge >= 0.3 is 5.97 Å². The number of anilines is 1. The summed E-state index contributed by atoms with van der Waals surface area (Å²) in [5, 5.41) is 14.9. The summed E-state index contributed by atoms with van der Waals surface area (Å²) in [5.74, 6) is -1.17. The van der Waals surface area contributed by atoms with Gasteiger partial charge in [-0.3, -0.25) is 9.59 Å². The lowest BCUT2D eigenvalue weighted by molar-refractivity contribution is -0.136. The van der Waals surface area contributed by atoms with E-state index in [0.717, 1.165) is 11.5 Å². The van der Waals surface area contributed by atoms with Crippen LogP contribution in [0.15, 0.2) is 30.5 Å². The van der Waals surface area contributed by atoms with Crippen LogP contribution in [0, 0.1) is 0 Å². The van der Waals surface area contributed by atoms with E-state index < -0.39 is 5.97 Å². The number of aliphatic carboxylic acids is 1. The topological polar surface area (TPSA) is 92.2 Å². The maximum Gasteiger partial charge on any atom is 0.307 e. The molecule has 18 heavy (non-hydrogen) atoms. The second-order valence-corrected chi connectivity index (χ2v) is 4.29. The molecular formula is C11H9N3O3S. The Kier molecular flexibility index (Phi) is 3.63. The Bertz CT molecular complexity index is 551. The van der Waals surface area contributed by atoms with Crippen molar-refractivity contribution in [3.63, 3.8) is 0 Å². The second-order valence-electron chi connectivity index (χ2n) is 3.50. The number of amides is 1. The van der Waals surface area contributed by atoms with Gasteiger partial charge in [-0.2, -0.15) is 0 Å². The lowest BCUT2D eigenvalue weighted by Gasteiger charge is -2.03. The maximum absolute atomic E-state index is 11.7. The molecule has 0 fully saturated rings. The Balaban J connectivity index is 2.02. The molecule has 6 nitrogen and oxygen atoms in total. The number of nitrogens with zero attached hydrogens (tertiary/aromatic N) is 2. The van der Waals surface area contributed by atoms with Crippen molar-refractivity contribution < 1.29 is 14.7 Å². The molecule has 0 aliphatic heterocycles. The van der Waals surface area contributed by atoms with Gasteiger partial charge in [0.05, 0.1) is 12.6 Å². The molecule has 0 spiro atoms. The van der Waals surface area contributed by atoms with Crippen LogP contribution in [0.2, 0.25) is 0 Å². The molecule has 0 unspecified atom stereocenters. The van der Waals surface area contributed by atoms with E-state index in [1.807, 2.05) is 0 Å². The van der Waals surface area contributed by atoms with Crippen LogP contribution >= 0.6 is 11.5 Å². The SMILES string of the molecule is O=C(O)Cc1ccc(NC(=O)c2cnns2)cc1. The summed E-state index contributed by atoms with van der Waals surface area (Å²) < 4.78 is 3.60. The standard InChI is InChI=1S/C11H9N3O3S/c15-10(16)5-7-1-3-8(4-2-7)13-11(17)9-6-12-14-18-9/h1-4,6H,5H2,(H,13,17)(H,15,16). The van der Waals surface area contributed by atoms with Crippen molar-refractivity contribution in [1.82, 2.24) is 9.59 Å². The molecule has 92 valence electrons. The van der Waals surface area contributed by atoms with Gasteiger partial charge in [0.15, 0.2) is 0 Å². The lowest BCUT2D eigenvalue weighted by atomic mass is 10.1. The highest BCUT2D eigenvalue weighted by atomic mass is 32.1. The maximum atomic E-state index is 11.7. The molecule has 1 aromatic carbocycles. The first kappa shape index (κ1) is 12.2. The number of rotatable bonds is 4. The van der Waals surface area contributed by atoms with Crippen LogP contribution < -0.4 is 5.32 Å². The molecule has 0 saturated heterocycles. The lowest BCUT2D eigenvalue weighted by Crippen LogP contribution is -2.10. The Morgan fingerprint density at radius 3 is 2.56 bits per heavy atom. The number of benzene rings is 1. The number of aromatic nitrogens is 2. The highest BCUT2D eigenvalue weighted by Crippen LogP contribution is 2.12. The zero-order chi connectivity index (χ0) is 13.0. The van der Waals surface area contributed by atoms with Crippen molar-refractivity contribution in [2.45, 2.75) is 6.42 Å².